The fourth-order valence-electron chi connectivity index (χ4n) is 12.7. The summed E-state index contributed by atoms with van der Waals surface area (Å²) < 4.78 is 47.8. The topological polar surface area (TPSA) is 253 Å². The van der Waals surface area contributed by atoms with Gasteiger partial charge >= 0.3 is 5.97 Å². The highest BCUT2D eigenvalue weighted by Gasteiger charge is 2.65. The van der Waals surface area contributed by atoms with Gasteiger partial charge in [-0.1, -0.05) is 44.6 Å². The van der Waals surface area contributed by atoms with Gasteiger partial charge in [-0.25, -0.2) is 4.79 Å². The molecule has 17 nitrogen and oxygen atoms in total. The quantitative estimate of drug-likeness (QED) is 0.0986. The van der Waals surface area contributed by atoms with E-state index in [9.17, 15) is 45.6 Å². The number of benzene rings is 1. The van der Waals surface area contributed by atoms with Crippen LogP contribution in [0.4, 0.5) is 0 Å². The third-order valence-corrected chi connectivity index (χ3v) is 15.9. The molecule has 0 bridgehead atoms. The summed E-state index contributed by atoms with van der Waals surface area (Å²) in [7, 11) is 4.28. The summed E-state index contributed by atoms with van der Waals surface area (Å²) in [5.41, 5.74) is -0.809. The SMILES string of the molecule is COc1cc(C(=O)O[C@H]2[C@H](O[C@H]3CC4C5CC=C6C[C@@H](O)C[C@@H](O[C@@H]7O[C@H](CO)[C@@H](O)[C@H](O)[C@H]7O)[C@]6(C)C5CC[C@]4(C)[C@H]3C(C)C/C=C/C(C)(C)O)OC[C@H](O)[C@@H]2O)cc(OC)c1OC. The molecule has 0 spiro atoms. The first kappa shape index (κ1) is 50.0. The van der Waals surface area contributed by atoms with Gasteiger partial charge in [-0.05, 0) is 99.5 Å². The highest BCUT2D eigenvalue weighted by molar-refractivity contribution is 5.91. The van der Waals surface area contributed by atoms with E-state index in [0.29, 0.717) is 19.3 Å². The number of carbonyl (C=O) groups excluding carboxylic acids is 1. The fourth-order valence-corrected chi connectivity index (χ4v) is 12.7. The Hall–Kier alpha value is -2.91. The zero-order valence-electron chi connectivity index (χ0n) is 38.8. The van der Waals surface area contributed by atoms with E-state index >= 15 is 0 Å². The van der Waals surface area contributed by atoms with Gasteiger partial charge < -0.3 is 78.7 Å². The predicted octanol–water partition coefficient (Wildman–Crippen LogP) is 2.40. The number of fused-ring (bicyclic) bond motifs is 5. The number of ether oxygens (including phenoxy) is 8. The molecule has 4 unspecified atom stereocenters. The number of esters is 1. The van der Waals surface area contributed by atoms with Crippen molar-refractivity contribution in [1.29, 1.82) is 0 Å². The summed E-state index contributed by atoms with van der Waals surface area (Å²) >= 11 is 0. The van der Waals surface area contributed by atoms with Crippen molar-refractivity contribution in [3.63, 3.8) is 0 Å². The highest BCUT2D eigenvalue weighted by atomic mass is 16.7. The molecule has 0 amide bonds. The number of carbonyl (C=O) groups is 1. The molecule has 2 saturated heterocycles. The van der Waals surface area contributed by atoms with Crippen LogP contribution in [0, 0.1) is 40.4 Å². The van der Waals surface area contributed by atoms with Crippen molar-refractivity contribution in [2.75, 3.05) is 34.5 Å². The van der Waals surface area contributed by atoms with Gasteiger partial charge in [-0.2, -0.15) is 0 Å². The molecule has 1 aromatic rings. The molecular formula is C48H72O17. The lowest BCUT2D eigenvalue weighted by atomic mass is 9.46. The molecule has 4 aliphatic carbocycles. The van der Waals surface area contributed by atoms with Crippen LogP contribution in [-0.4, -0.2) is 161 Å². The lowest BCUT2D eigenvalue weighted by molar-refractivity contribution is -0.324. The van der Waals surface area contributed by atoms with E-state index in [1.165, 1.54) is 33.5 Å². The van der Waals surface area contributed by atoms with Crippen molar-refractivity contribution in [2.45, 2.75) is 159 Å². The van der Waals surface area contributed by atoms with Crippen molar-refractivity contribution in [3.05, 3.63) is 41.5 Å². The van der Waals surface area contributed by atoms with Crippen LogP contribution >= 0.6 is 0 Å². The van der Waals surface area contributed by atoms with Crippen LogP contribution in [0.25, 0.3) is 0 Å². The van der Waals surface area contributed by atoms with Gasteiger partial charge in [0.05, 0.1) is 64.0 Å². The number of aliphatic hydroxyl groups is 8. The Morgan fingerprint density at radius 1 is 0.923 bits per heavy atom. The fraction of sp³-hybridized carbons (Fsp3) is 0.771. The Morgan fingerprint density at radius 2 is 1.62 bits per heavy atom. The van der Waals surface area contributed by atoms with E-state index in [1.807, 2.05) is 6.08 Å². The van der Waals surface area contributed by atoms with E-state index in [2.05, 4.69) is 26.8 Å². The summed E-state index contributed by atoms with van der Waals surface area (Å²) in [6.45, 7) is 9.22. The monoisotopic (exact) mass is 920 g/mol. The normalized spacial score (nSPS) is 42.3. The van der Waals surface area contributed by atoms with Crippen LogP contribution in [0.5, 0.6) is 17.2 Å². The van der Waals surface area contributed by atoms with E-state index in [4.69, 9.17) is 37.9 Å². The standard InChI is InChI=1S/C48H72O17/c1-23(10-9-14-46(2,3)57)36-31(62-45-42(37(52)30(51)22-61-45)65-43(56)24-16-32(58-6)41(60-8)33(17-24)59-7)20-29-27-12-11-25-18-26(50)19-35(48(25,5)28(27)13-15-47(29,36)4)64-44-40(55)39(54)38(53)34(21-49)63-44/h9,11,14,16-17,23,26-31,34-40,42,44-45,49-55,57H,10,12-13,15,18-22H2,1-8H3/b14-9+/t23?,26-,27?,28?,29?,30+,31+,34-,35-,36+,37+,38-,39+,40-,42-,44+,45+,47+,48+/m1/s1. The largest absolute Gasteiger partial charge is 0.493 e. The maximum absolute atomic E-state index is 13.9. The number of hydrogen-bond donors (Lipinski definition) is 8. The van der Waals surface area contributed by atoms with Gasteiger partial charge in [0.2, 0.25) is 5.75 Å². The minimum Gasteiger partial charge on any atom is -0.493 e. The number of aliphatic hydroxyl groups excluding tert-OH is 7. The summed E-state index contributed by atoms with van der Waals surface area (Å²) in [4.78, 5) is 13.9. The number of methoxy groups -OCH3 is 3. The van der Waals surface area contributed by atoms with Gasteiger partial charge in [0, 0.05) is 11.8 Å². The Morgan fingerprint density at radius 3 is 2.25 bits per heavy atom. The molecule has 3 saturated carbocycles. The molecule has 5 fully saturated rings. The minimum absolute atomic E-state index is 0.0295. The molecule has 65 heavy (non-hydrogen) atoms. The van der Waals surface area contributed by atoms with Crippen LogP contribution in [0.15, 0.2) is 35.9 Å². The van der Waals surface area contributed by atoms with Gasteiger partial charge in [0.1, 0.15) is 36.6 Å². The first-order valence-corrected chi connectivity index (χ1v) is 23.1. The molecule has 366 valence electrons. The van der Waals surface area contributed by atoms with Crippen LogP contribution in [0.1, 0.15) is 89.9 Å². The average Bonchev–Trinajstić information content (AvgIpc) is 3.57. The molecule has 17 heteroatoms. The second kappa shape index (κ2) is 19.6. The van der Waals surface area contributed by atoms with Crippen molar-refractivity contribution in [1.82, 2.24) is 0 Å². The Balaban J connectivity index is 1.19. The zero-order chi connectivity index (χ0) is 47.3. The van der Waals surface area contributed by atoms with Crippen molar-refractivity contribution in [2.24, 2.45) is 40.4 Å². The van der Waals surface area contributed by atoms with Crippen LogP contribution < -0.4 is 14.2 Å². The van der Waals surface area contributed by atoms with Gasteiger partial charge in [-0.15, -0.1) is 0 Å². The molecular weight excluding hydrogens is 849 g/mol. The smallest absolute Gasteiger partial charge is 0.338 e. The molecule has 8 N–H and O–H groups in total. The van der Waals surface area contributed by atoms with E-state index in [-0.39, 0.29) is 70.8 Å². The number of hydrogen-bond acceptors (Lipinski definition) is 17. The lowest BCUT2D eigenvalue weighted by Crippen LogP contribution is -2.62. The van der Waals surface area contributed by atoms with Crippen molar-refractivity contribution < 1.29 is 83.5 Å². The third-order valence-electron chi connectivity index (χ3n) is 15.9. The molecule has 1 aromatic carbocycles. The summed E-state index contributed by atoms with van der Waals surface area (Å²) in [5, 5.41) is 86.0. The molecule has 7 rings (SSSR count). The molecule has 2 aliphatic heterocycles. The van der Waals surface area contributed by atoms with Crippen LogP contribution in [0.3, 0.4) is 0 Å². The first-order valence-electron chi connectivity index (χ1n) is 23.1. The first-order chi connectivity index (χ1) is 30.7. The predicted molar refractivity (Wildman–Crippen MR) is 232 cm³/mol. The van der Waals surface area contributed by atoms with Gasteiger partial charge in [0.25, 0.3) is 0 Å². The molecule has 6 aliphatic rings. The Labute approximate surface area is 381 Å². The second-order valence-corrected chi connectivity index (χ2v) is 20.3. The van der Waals surface area contributed by atoms with Crippen molar-refractivity contribution in [3.8, 4) is 17.2 Å². The highest BCUT2D eigenvalue weighted by Crippen LogP contribution is 2.68. The van der Waals surface area contributed by atoms with E-state index < -0.39 is 97.2 Å². The van der Waals surface area contributed by atoms with Crippen LogP contribution in [-0.2, 0) is 23.7 Å². The average molecular weight is 921 g/mol. The molecule has 0 radical (unpaired) electrons. The summed E-state index contributed by atoms with van der Waals surface area (Å²) in [6, 6.07) is 2.86. The number of rotatable bonds is 14. The second-order valence-electron chi connectivity index (χ2n) is 20.3. The molecule has 0 aromatic heterocycles. The zero-order valence-corrected chi connectivity index (χ0v) is 38.8. The Bertz CT molecular complexity index is 1860. The van der Waals surface area contributed by atoms with Gasteiger partial charge in [-0.3, -0.25) is 0 Å². The van der Waals surface area contributed by atoms with Gasteiger partial charge in [0.15, 0.2) is 30.2 Å². The lowest BCUT2D eigenvalue weighted by Gasteiger charge is -2.60. The van der Waals surface area contributed by atoms with E-state index in [1.54, 1.807) is 19.9 Å². The van der Waals surface area contributed by atoms with Crippen LogP contribution in [0.2, 0.25) is 0 Å². The molecule has 2 heterocycles. The van der Waals surface area contributed by atoms with E-state index in [0.717, 1.165) is 24.8 Å². The summed E-state index contributed by atoms with van der Waals surface area (Å²) in [5.74, 6) is 0.0860. The third kappa shape index (κ3) is 9.47. The van der Waals surface area contributed by atoms with Crippen molar-refractivity contribution >= 4 is 5.97 Å². The maximum Gasteiger partial charge on any atom is 0.338 e. The maximum atomic E-state index is 13.9. The number of allylic oxidation sites excluding steroid dienone is 2. The minimum atomic E-state index is -1.61. The summed E-state index contributed by atoms with van der Waals surface area (Å²) in [6.07, 6.45) is -4.40. The molecule has 19 atom stereocenters. The Kier molecular flexibility index (Phi) is 15.1.